The molecule has 10 heteroatoms. The molecule has 1 saturated carbocycles. The van der Waals surface area contributed by atoms with Gasteiger partial charge in [0.1, 0.15) is 5.75 Å². The van der Waals surface area contributed by atoms with E-state index in [0.717, 1.165) is 56.3 Å². The molecule has 0 unspecified atom stereocenters. The van der Waals surface area contributed by atoms with E-state index in [1.807, 2.05) is 24.3 Å². The molecule has 2 fully saturated rings. The van der Waals surface area contributed by atoms with Gasteiger partial charge in [0.2, 0.25) is 0 Å². The number of carboxylic acid groups (broad SMARTS) is 2. The van der Waals surface area contributed by atoms with Crippen molar-refractivity contribution in [2.45, 2.75) is 49.7 Å². The number of nitro groups is 1. The number of phenols is 1. The van der Waals surface area contributed by atoms with Crippen molar-refractivity contribution in [2.75, 3.05) is 13.1 Å². The Kier molecular flexibility index (Phi) is 7.85. The summed E-state index contributed by atoms with van der Waals surface area (Å²) in [5.41, 5.74) is 1.95. The first-order valence-electron chi connectivity index (χ1n) is 11.1. The summed E-state index contributed by atoms with van der Waals surface area (Å²) in [6.45, 7) is 1.74. The van der Waals surface area contributed by atoms with Crippen molar-refractivity contribution in [2.24, 2.45) is 0 Å². The number of carboxylic acids is 2. The molecule has 3 atom stereocenters. The highest BCUT2D eigenvalue weighted by molar-refractivity contribution is 6.27. The molecule has 0 spiro atoms. The molecule has 4 N–H and O–H groups in total. The summed E-state index contributed by atoms with van der Waals surface area (Å²) in [7, 11) is 0. The van der Waals surface area contributed by atoms with Gasteiger partial charge in [-0.2, -0.15) is 0 Å². The fraction of sp³-hybridized carbons (Fsp3) is 0.417. The maximum Gasteiger partial charge on any atom is 0.414 e. The minimum absolute atomic E-state index is 0.111. The summed E-state index contributed by atoms with van der Waals surface area (Å²) < 4.78 is 0. The number of nitrogens with zero attached hydrogens (tertiary/aromatic N) is 2. The van der Waals surface area contributed by atoms with Crippen molar-refractivity contribution in [3.8, 4) is 5.75 Å². The Bertz CT molecular complexity index is 1030. The third-order valence-electron chi connectivity index (χ3n) is 6.81. The summed E-state index contributed by atoms with van der Waals surface area (Å²) in [4.78, 5) is 31.0. The molecule has 34 heavy (non-hydrogen) atoms. The number of hydrogen-bond donors (Lipinski definition) is 4. The Labute approximate surface area is 196 Å². The maximum absolute atomic E-state index is 11.3. The van der Waals surface area contributed by atoms with Gasteiger partial charge in [-0.05, 0) is 55.5 Å². The second-order valence-corrected chi connectivity index (χ2v) is 8.68. The van der Waals surface area contributed by atoms with Gasteiger partial charge in [-0.15, -0.1) is 0 Å². The van der Waals surface area contributed by atoms with Gasteiger partial charge in [0.05, 0.1) is 11.0 Å². The molecule has 2 aliphatic rings. The van der Waals surface area contributed by atoms with E-state index >= 15 is 0 Å². The summed E-state index contributed by atoms with van der Waals surface area (Å²) in [6.07, 6.45) is 4.21. The van der Waals surface area contributed by atoms with Gasteiger partial charge in [-0.1, -0.05) is 30.7 Å². The smallest absolute Gasteiger partial charge is 0.414 e. The Hall–Kier alpha value is -3.50. The van der Waals surface area contributed by atoms with Crippen molar-refractivity contribution in [3.05, 3.63) is 69.8 Å². The highest BCUT2D eigenvalue weighted by Gasteiger charge is 2.50. The first-order chi connectivity index (χ1) is 16.1. The predicted molar refractivity (Wildman–Crippen MR) is 122 cm³/mol. The fourth-order valence-corrected chi connectivity index (χ4v) is 5.07. The quantitative estimate of drug-likeness (QED) is 0.291. The van der Waals surface area contributed by atoms with Crippen LogP contribution >= 0.6 is 0 Å². The number of piperidine rings is 1. The molecule has 1 saturated heterocycles. The van der Waals surface area contributed by atoms with Crippen LogP contribution < -0.4 is 0 Å². The number of phenolic OH excluding ortho intramolecular Hbond substituents is 1. The number of aliphatic carboxylic acids is 2. The van der Waals surface area contributed by atoms with E-state index in [1.165, 1.54) is 0 Å². The van der Waals surface area contributed by atoms with E-state index in [4.69, 9.17) is 19.8 Å². The summed E-state index contributed by atoms with van der Waals surface area (Å²) in [5.74, 6) is -3.40. The zero-order valence-electron chi connectivity index (χ0n) is 18.5. The molecule has 0 amide bonds. The van der Waals surface area contributed by atoms with Crippen molar-refractivity contribution in [1.29, 1.82) is 0 Å². The molecule has 10 nitrogen and oxygen atoms in total. The lowest BCUT2D eigenvalue weighted by molar-refractivity contribution is -0.384. The number of rotatable bonds is 5. The third-order valence-corrected chi connectivity index (χ3v) is 6.81. The van der Waals surface area contributed by atoms with Crippen LogP contribution in [0.5, 0.6) is 5.75 Å². The molecule has 2 aromatic carbocycles. The number of carbonyl (C=O) groups is 2. The van der Waals surface area contributed by atoms with E-state index in [0.29, 0.717) is 0 Å². The van der Waals surface area contributed by atoms with Crippen LogP contribution in [-0.2, 0) is 21.4 Å². The minimum Gasteiger partial charge on any atom is -0.508 e. The van der Waals surface area contributed by atoms with Crippen LogP contribution in [0.1, 0.15) is 36.8 Å². The van der Waals surface area contributed by atoms with Crippen molar-refractivity contribution >= 4 is 17.6 Å². The molecule has 2 bridgehead atoms. The van der Waals surface area contributed by atoms with Crippen LogP contribution in [0.2, 0.25) is 0 Å². The van der Waals surface area contributed by atoms with E-state index in [1.54, 1.807) is 24.3 Å². The normalized spacial score (nSPS) is 23.9. The summed E-state index contributed by atoms with van der Waals surface area (Å²) >= 11 is 0. The molecule has 4 rings (SSSR count). The van der Waals surface area contributed by atoms with Gasteiger partial charge < -0.3 is 20.4 Å². The lowest BCUT2D eigenvalue weighted by atomic mass is 9.61. The van der Waals surface area contributed by atoms with Gasteiger partial charge in [0.15, 0.2) is 0 Å². The summed E-state index contributed by atoms with van der Waals surface area (Å²) in [5, 5.41) is 46.7. The molecule has 182 valence electrons. The molecule has 1 aliphatic heterocycles. The number of non-ortho nitro benzene ring substituents is 1. The molecular weight excluding hydrogens is 444 g/mol. The van der Waals surface area contributed by atoms with E-state index in [2.05, 4.69) is 4.90 Å². The lowest BCUT2D eigenvalue weighted by Gasteiger charge is -2.54. The number of likely N-dealkylation sites (tertiary alicyclic amines) is 1. The Balaban J connectivity index is 0.000000481. The van der Waals surface area contributed by atoms with Crippen LogP contribution in [-0.4, -0.2) is 67.4 Å². The van der Waals surface area contributed by atoms with E-state index in [9.17, 15) is 20.3 Å². The number of hydrogen-bond acceptors (Lipinski definition) is 7. The number of fused-ring (bicyclic) bond motifs is 2. The topological polar surface area (TPSA) is 161 Å². The molecule has 1 heterocycles. The van der Waals surface area contributed by atoms with Crippen LogP contribution in [0.25, 0.3) is 0 Å². The average molecular weight is 472 g/mol. The Morgan fingerprint density at radius 1 is 1.09 bits per heavy atom. The lowest BCUT2D eigenvalue weighted by Crippen LogP contribution is -2.62. The number of aliphatic hydroxyl groups excluding tert-OH is 1. The van der Waals surface area contributed by atoms with Gasteiger partial charge in [0.25, 0.3) is 5.69 Å². The second kappa shape index (κ2) is 10.6. The van der Waals surface area contributed by atoms with Crippen LogP contribution in [0.3, 0.4) is 0 Å². The largest absolute Gasteiger partial charge is 0.508 e. The molecule has 0 aromatic heterocycles. The van der Waals surface area contributed by atoms with Gasteiger partial charge in [0, 0.05) is 30.1 Å². The van der Waals surface area contributed by atoms with E-state index in [-0.39, 0.29) is 27.8 Å². The van der Waals surface area contributed by atoms with Crippen molar-refractivity contribution in [1.82, 2.24) is 4.90 Å². The standard InChI is InChI=1S/C22H26N2O4.C2H2O4/c25-19-4-1-3-17(15-19)22-11-2-5-20(21(22)26)23(14-12-22)13-10-16-6-8-18(9-7-16)24(27)28;3-1(4)2(5)6/h1,3-4,6-9,15,20-21,25-26H,2,5,10-14H2;(H,3,4)(H,5,6)/t20-,21-,22-;/m1./s1. The van der Waals surface area contributed by atoms with Crippen LogP contribution in [0.15, 0.2) is 48.5 Å². The highest BCUT2D eigenvalue weighted by atomic mass is 16.6. The second-order valence-electron chi connectivity index (χ2n) is 8.68. The first kappa shape index (κ1) is 25.1. The van der Waals surface area contributed by atoms with E-state index < -0.39 is 18.0 Å². The maximum atomic E-state index is 11.3. The SMILES string of the molecule is O=C(O)C(=O)O.O=[N+]([O-])c1ccc(CCN2CC[C@@]3(c4cccc(O)c4)CCC[C@@H]2[C@H]3O)cc1. The monoisotopic (exact) mass is 472 g/mol. The third kappa shape index (κ3) is 5.52. The first-order valence-corrected chi connectivity index (χ1v) is 11.1. The molecular formula is C24H28N2O8. The van der Waals surface area contributed by atoms with Crippen LogP contribution in [0.4, 0.5) is 5.69 Å². The summed E-state index contributed by atoms with van der Waals surface area (Å²) in [6, 6.07) is 14.2. The highest BCUT2D eigenvalue weighted by Crippen LogP contribution is 2.47. The number of benzene rings is 2. The average Bonchev–Trinajstić information content (AvgIpc) is 2.79. The zero-order valence-corrected chi connectivity index (χ0v) is 18.5. The Morgan fingerprint density at radius 3 is 2.35 bits per heavy atom. The number of aliphatic hydroxyl groups is 1. The number of nitro benzene ring substituents is 1. The fourth-order valence-electron chi connectivity index (χ4n) is 5.07. The number of aromatic hydroxyl groups is 1. The predicted octanol–water partition coefficient (Wildman–Crippen LogP) is 2.56. The van der Waals surface area contributed by atoms with Crippen molar-refractivity contribution < 1.29 is 34.9 Å². The minimum atomic E-state index is -1.82. The van der Waals surface area contributed by atoms with Gasteiger partial charge in [-0.3, -0.25) is 15.0 Å². The Morgan fingerprint density at radius 2 is 1.76 bits per heavy atom. The van der Waals surface area contributed by atoms with Gasteiger partial charge >= 0.3 is 11.9 Å². The molecule has 0 radical (unpaired) electrons. The van der Waals surface area contributed by atoms with Crippen LogP contribution in [0, 0.1) is 10.1 Å². The molecule has 2 aromatic rings. The zero-order chi connectivity index (χ0) is 24.9. The van der Waals surface area contributed by atoms with Crippen molar-refractivity contribution in [3.63, 3.8) is 0 Å². The molecule has 1 aliphatic carbocycles. The van der Waals surface area contributed by atoms with Gasteiger partial charge in [-0.25, -0.2) is 9.59 Å².